The number of benzene rings is 1. The summed E-state index contributed by atoms with van der Waals surface area (Å²) < 4.78 is 10.6. The van der Waals surface area contributed by atoms with E-state index in [4.69, 9.17) is 9.47 Å². The minimum absolute atomic E-state index is 0.0358. The summed E-state index contributed by atoms with van der Waals surface area (Å²) in [5, 5.41) is 2.99. The zero-order valence-corrected chi connectivity index (χ0v) is 19.0. The quantitative estimate of drug-likeness (QED) is 0.598. The predicted molar refractivity (Wildman–Crippen MR) is 121 cm³/mol. The number of hydrogen-bond acceptors (Lipinski definition) is 4. The Morgan fingerprint density at radius 3 is 2.77 bits per heavy atom. The van der Waals surface area contributed by atoms with Gasteiger partial charge < -0.3 is 19.7 Å². The molecule has 0 radical (unpaired) electrons. The largest absolute Gasteiger partial charge is 0.497 e. The summed E-state index contributed by atoms with van der Waals surface area (Å²) in [4.78, 5) is 27.1. The Hall–Kier alpha value is -2.50. The van der Waals surface area contributed by atoms with Crippen LogP contribution in [0.15, 0.2) is 29.8 Å². The maximum atomic E-state index is 12.7. The van der Waals surface area contributed by atoms with Crippen LogP contribution >= 0.6 is 0 Å². The van der Waals surface area contributed by atoms with Crippen molar-refractivity contribution in [3.8, 4) is 11.5 Å². The molecule has 2 aliphatic rings. The summed E-state index contributed by atoms with van der Waals surface area (Å²) in [7, 11) is 3.23. The number of methoxy groups -OCH3 is 2. The van der Waals surface area contributed by atoms with Gasteiger partial charge in [0.15, 0.2) is 0 Å². The Kier molecular flexibility index (Phi) is 8.80. The second-order valence-corrected chi connectivity index (χ2v) is 8.63. The first-order chi connectivity index (χ1) is 15.1. The molecule has 1 N–H and O–H groups in total. The summed E-state index contributed by atoms with van der Waals surface area (Å²) >= 11 is 0. The van der Waals surface area contributed by atoms with Gasteiger partial charge in [0, 0.05) is 44.1 Å². The maximum absolute atomic E-state index is 12.7. The van der Waals surface area contributed by atoms with E-state index in [2.05, 4.69) is 11.4 Å². The van der Waals surface area contributed by atoms with Crippen molar-refractivity contribution in [2.45, 2.75) is 64.3 Å². The Labute approximate surface area is 186 Å². The van der Waals surface area contributed by atoms with Gasteiger partial charge in [-0.05, 0) is 63.0 Å². The molecule has 3 rings (SSSR count). The van der Waals surface area contributed by atoms with E-state index < -0.39 is 0 Å². The van der Waals surface area contributed by atoms with Crippen LogP contribution in [0.3, 0.4) is 0 Å². The van der Waals surface area contributed by atoms with Crippen LogP contribution in [0.25, 0.3) is 0 Å². The summed E-state index contributed by atoms with van der Waals surface area (Å²) in [5.74, 6) is 2.12. The van der Waals surface area contributed by atoms with Gasteiger partial charge in [-0.1, -0.05) is 11.6 Å². The van der Waals surface area contributed by atoms with Gasteiger partial charge in [0.2, 0.25) is 11.8 Å². The molecule has 1 aromatic carbocycles. The molecular weight excluding hydrogens is 392 g/mol. The third-order valence-electron chi connectivity index (χ3n) is 6.38. The molecule has 0 bridgehead atoms. The van der Waals surface area contributed by atoms with E-state index in [0.29, 0.717) is 31.1 Å². The summed E-state index contributed by atoms with van der Waals surface area (Å²) in [6.45, 7) is 2.06. The van der Waals surface area contributed by atoms with Crippen LogP contribution in [0.1, 0.15) is 63.4 Å². The number of ether oxygens (including phenoxy) is 2. The van der Waals surface area contributed by atoms with Crippen LogP contribution in [-0.2, 0) is 16.1 Å². The van der Waals surface area contributed by atoms with Crippen LogP contribution < -0.4 is 14.8 Å². The lowest BCUT2D eigenvalue weighted by molar-refractivity contribution is -0.132. The lowest BCUT2D eigenvalue weighted by Crippen LogP contribution is -2.40. The fourth-order valence-corrected chi connectivity index (χ4v) is 4.51. The first-order valence-electron chi connectivity index (χ1n) is 11.5. The van der Waals surface area contributed by atoms with Gasteiger partial charge in [-0.25, -0.2) is 0 Å². The maximum Gasteiger partial charge on any atom is 0.226 e. The average molecular weight is 429 g/mol. The molecular formula is C25H36N2O4. The van der Waals surface area contributed by atoms with Crippen molar-refractivity contribution in [1.82, 2.24) is 10.2 Å². The summed E-state index contributed by atoms with van der Waals surface area (Å²) in [5.41, 5.74) is 2.23. The standard InChI is InChI=1S/C25H36N2O4/c1-30-22-12-11-21(23(16-22)31-2)17-26-24(28)13-10-20-9-6-14-27(18-20)25(29)15-19-7-4-3-5-8-19/h7,11-12,16,20H,3-6,8-10,13-15,17-18H2,1-2H3,(H,26,28)/t20-/m1/s1. The van der Waals surface area contributed by atoms with E-state index in [0.717, 1.165) is 56.5 Å². The number of piperidine rings is 1. The number of carbonyl (C=O) groups is 2. The van der Waals surface area contributed by atoms with Crippen LogP contribution in [0.5, 0.6) is 11.5 Å². The molecule has 1 aliphatic heterocycles. The molecule has 1 aliphatic carbocycles. The van der Waals surface area contributed by atoms with Gasteiger partial charge in [-0.2, -0.15) is 0 Å². The Morgan fingerprint density at radius 1 is 1.16 bits per heavy atom. The molecule has 0 spiro atoms. The monoisotopic (exact) mass is 428 g/mol. The van der Waals surface area contributed by atoms with Gasteiger partial charge in [-0.3, -0.25) is 9.59 Å². The Bertz CT molecular complexity index is 790. The van der Waals surface area contributed by atoms with Crippen molar-refractivity contribution >= 4 is 11.8 Å². The average Bonchev–Trinajstić information content (AvgIpc) is 2.82. The lowest BCUT2D eigenvalue weighted by Gasteiger charge is -2.33. The molecule has 2 amide bonds. The number of hydrogen-bond donors (Lipinski definition) is 1. The number of likely N-dealkylation sites (tertiary alicyclic amines) is 1. The van der Waals surface area contributed by atoms with Gasteiger partial charge in [0.1, 0.15) is 11.5 Å². The molecule has 0 unspecified atom stereocenters. The Morgan fingerprint density at radius 2 is 2.03 bits per heavy atom. The number of nitrogens with one attached hydrogen (secondary N) is 1. The third kappa shape index (κ3) is 7.01. The molecule has 1 atom stereocenters. The zero-order valence-electron chi connectivity index (χ0n) is 19.0. The highest BCUT2D eigenvalue weighted by Crippen LogP contribution is 2.26. The molecule has 1 aromatic rings. The minimum atomic E-state index is 0.0358. The lowest BCUT2D eigenvalue weighted by atomic mass is 9.92. The third-order valence-corrected chi connectivity index (χ3v) is 6.38. The van der Waals surface area contributed by atoms with Crippen molar-refractivity contribution in [1.29, 1.82) is 0 Å². The van der Waals surface area contributed by atoms with Crippen LogP contribution in [0, 0.1) is 5.92 Å². The van der Waals surface area contributed by atoms with Crippen molar-refractivity contribution in [3.05, 3.63) is 35.4 Å². The topological polar surface area (TPSA) is 67.9 Å². The van der Waals surface area contributed by atoms with Crippen LogP contribution in [-0.4, -0.2) is 44.0 Å². The number of amides is 2. The van der Waals surface area contributed by atoms with Crippen molar-refractivity contribution in [2.24, 2.45) is 5.92 Å². The van der Waals surface area contributed by atoms with E-state index in [1.54, 1.807) is 14.2 Å². The van der Waals surface area contributed by atoms with Crippen molar-refractivity contribution < 1.29 is 19.1 Å². The number of carbonyl (C=O) groups excluding carboxylic acids is 2. The van der Waals surface area contributed by atoms with Gasteiger partial charge in [-0.15, -0.1) is 0 Å². The number of rotatable bonds is 9. The first kappa shape index (κ1) is 23.2. The zero-order chi connectivity index (χ0) is 22.1. The molecule has 1 fully saturated rings. The second-order valence-electron chi connectivity index (χ2n) is 8.63. The van der Waals surface area contributed by atoms with E-state index >= 15 is 0 Å². The molecule has 31 heavy (non-hydrogen) atoms. The highest BCUT2D eigenvalue weighted by atomic mass is 16.5. The number of nitrogens with zero attached hydrogens (tertiary/aromatic N) is 1. The van der Waals surface area contributed by atoms with Crippen molar-refractivity contribution in [2.75, 3.05) is 27.3 Å². The highest BCUT2D eigenvalue weighted by molar-refractivity contribution is 5.79. The molecule has 1 saturated heterocycles. The SMILES string of the molecule is COc1ccc(CNC(=O)CC[C@H]2CCCN(C(=O)CC3=CCCCC3)C2)c(OC)c1. The minimum Gasteiger partial charge on any atom is -0.497 e. The molecule has 0 saturated carbocycles. The molecule has 6 nitrogen and oxygen atoms in total. The van der Waals surface area contributed by atoms with Crippen molar-refractivity contribution in [3.63, 3.8) is 0 Å². The first-order valence-corrected chi connectivity index (χ1v) is 11.5. The highest BCUT2D eigenvalue weighted by Gasteiger charge is 2.24. The molecule has 170 valence electrons. The summed E-state index contributed by atoms with van der Waals surface area (Å²) in [6.07, 6.45) is 10.9. The summed E-state index contributed by atoms with van der Waals surface area (Å²) in [6, 6.07) is 5.59. The molecule has 0 aromatic heterocycles. The van der Waals surface area contributed by atoms with E-state index in [-0.39, 0.29) is 11.8 Å². The van der Waals surface area contributed by atoms with E-state index in [1.165, 1.54) is 18.4 Å². The van der Waals surface area contributed by atoms with Gasteiger partial charge in [0.25, 0.3) is 0 Å². The normalized spacial score (nSPS) is 18.8. The molecule has 1 heterocycles. The fraction of sp³-hybridized carbons (Fsp3) is 0.600. The van der Waals surface area contributed by atoms with E-state index in [9.17, 15) is 9.59 Å². The molecule has 6 heteroatoms. The predicted octanol–water partition coefficient (Wildman–Crippen LogP) is 4.23. The van der Waals surface area contributed by atoms with Crippen LogP contribution in [0.2, 0.25) is 0 Å². The smallest absolute Gasteiger partial charge is 0.226 e. The van der Waals surface area contributed by atoms with Crippen LogP contribution in [0.4, 0.5) is 0 Å². The van der Waals surface area contributed by atoms with Gasteiger partial charge in [0.05, 0.1) is 14.2 Å². The van der Waals surface area contributed by atoms with Gasteiger partial charge >= 0.3 is 0 Å². The number of allylic oxidation sites excluding steroid dienone is 1. The second kappa shape index (κ2) is 11.8. The fourth-order valence-electron chi connectivity index (χ4n) is 4.51. The Balaban J connectivity index is 1.41. The van der Waals surface area contributed by atoms with E-state index in [1.807, 2.05) is 23.1 Å².